The van der Waals surface area contributed by atoms with Crippen LogP contribution < -0.4 is 14.7 Å². The van der Waals surface area contributed by atoms with Gasteiger partial charge in [-0.15, -0.1) is 0 Å². The molecule has 4 rings (SSSR count). The lowest BCUT2D eigenvalue weighted by Crippen LogP contribution is -3.19. The highest BCUT2D eigenvalue weighted by atomic mass is 19.1. The molecule has 0 aromatic heterocycles. The summed E-state index contributed by atoms with van der Waals surface area (Å²) in [6.07, 6.45) is 0.262. The van der Waals surface area contributed by atoms with Crippen LogP contribution in [-0.2, 0) is 9.59 Å². The van der Waals surface area contributed by atoms with Gasteiger partial charge in [0.2, 0.25) is 5.91 Å². The van der Waals surface area contributed by atoms with E-state index in [0.717, 1.165) is 53.6 Å². The van der Waals surface area contributed by atoms with E-state index in [0.29, 0.717) is 0 Å². The molecule has 0 unspecified atom stereocenters. The second-order valence-electron chi connectivity index (χ2n) is 7.69. The van der Waals surface area contributed by atoms with E-state index in [4.69, 9.17) is 0 Å². The van der Waals surface area contributed by atoms with Gasteiger partial charge in [-0.1, -0.05) is 18.2 Å². The van der Waals surface area contributed by atoms with Gasteiger partial charge in [-0.2, -0.15) is 0 Å². The lowest BCUT2D eigenvalue weighted by atomic mass is 10.1. The fraction of sp³-hybridized carbons (Fsp3) is 0.364. The van der Waals surface area contributed by atoms with Crippen LogP contribution in [0.5, 0.6) is 0 Å². The molecule has 146 valence electrons. The molecule has 1 N–H and O–H groups in total. The maximum absolute atomic E-state index is 13.1. The maximum Gasteiger partial charge on any atom is 0.292 e. The van der Waals surface area contributed by atoms with E-state index in [1.807, 2.05) is 32.0 Å². The van der Waals surface area contributed by atoms with Crippen LogP contribution >= 0.6 is 0 Å². The molecule has 2 aliphatic rings. The van der Waals surface area contributed by atoms with Crippen molar-refractivity contribution in [1.29, 1.82) is 0 Å². The first-order valence-corrected chi connectivity index (χ1v) is 9.74. The number of amides is 2. The number of nitrogens with one attached hydrogen (secondary N) is 1. The number of carbonyl (C=O) groups excluding carboxylic acids is 2. The number of benzene rings is 2. The highest BCUT2D eigenvalue weighted by molar-refractivity contribution is 6.22. The van der Waals surface area contributed by atoms with Crippen LogP contribution in [0.25, 0.3) is 0 Å². The summed E-state index contributed by atoms with van der Waals surface area (Å²) in [6.45, 7) is 6.99. The molecular formula is C22H25FN3O2+. The summed E-state index contributed by atoms with van der Waals surface area (Å²) in [4.78, 5) is 30.6. The molecule has 0 spiro atoms. The minimum Gasteiger partial charge on any atom is -0.360 e. The van der Waals surface area contributed by atoms with Crippen LogP contribution in [0, 0.1) is 19.7 Å². The van der Waals surface area contributed by atoms with E-state index in [2.05, 4.69) is 4.90 Å². The molecule has 2 saturated heterocycles. The molecule has 2 aliphatic heterocycles. The van der Waals surface area contributed by atoms with Crippen LogP contribution in [0.2, 0.25) is 0 Å². The number of imide groups is 1. The molecule has 2 amide bonds. The number of piperazine rings is 1. The van der Waals surface area contributed by atoms with Crippen molar-refractivity contribution in [1.82, 2.24) is 0 Å². The molecule has 0 aliphatic carbocycles. The Morgan fingerprint density at radius 3 is 2.18 bits per heavy atom. The predicted octanol–water partition coefficient (Wildman–Crippen LogP) is 1.48. The van der Waals surface area contributed by atoms with Gasteiger partial charge < -0.3 is 9.80 Å². The van der Waals surface area contributed by atoms with Gasteiger partial charge in [0.25, 0.3) is 5.91 Å². The minimum absolute atomic E-state index is 0.0902. The third-order valence-electron chi connectivity index (χ3n) is 5.90. The zero-order valence-corrected chi connectivity index (χ0v) is 16.2. The van der Waals surface area contributed by atoms with Crippen molar-refractivity contribution in [3.8, 4) is 0 Å². The summed E-state index contributed by atoms with van der Waals surface area (Å²) in [5.74, 6) is -0.442. The van der Waals surface area contributed by atoms with Crippen molar-refractivity contribution in [2.45, 2.75) is 26.3 Å². The molecular weight excluding hydrogens is 357 g/mol. The standard InChI is InChI=1S/C22H24FN3O2/c1-15-4-3-5-16(2)21(15)26-20(27)14-19(22(26)28)25-12-10-24(11-13-25)18-8-6-17(23)7-9-18/h3-9,19H,10-14H2,1-2H3/p+1/t19-/m0/s1. The largest absolute Gasteiger partial charge is 0.360 e. The SMILES string of the molecule is Cc1cccc(C)c1N1C(=O)C[C@H]([NH+]2CCN(c3ccc(F)cc3)CC2)C1=O. The number of para-hydroxylation sites is 1. The van der Waals surface area contributed by atoms with Crippen molar-refractivity contribution < 1.29 is 18.9 Å². The molecule has 6 heteroatoms. The molecule has 1 atom stereocenters. The van der Waals surface area contributed by atoms with Crippen molar-refractivity contribution >= 4 is 23.2 Å². The summed E-state index contributed by atoms with van der Waals surface area (Å²) >= 11 is 0. The number of anilines is 2. The van der Waals surface area contributed by atoms with E-state index in [1.165, 1.54) is 17.0 Å². The van der Waals surface area contributed by atoms with E-state index in [-0.39, 0.29) is 30.1 Å². The van der Waals surface area contributed by atoms with Gasteiger partial charge in [0.1, 0.15) is 5.82 Å². The summed E-state index contributed by atoms with van der Waals surface area (Å²) < 4.78 is 13.1. The van der Waals surface area contributed by atoms with Crippen molar-refractivity contribution in [3.63, 3.8) is 0 Å². The molecule has 2 aromatic carbocycles. The first-order chi connectivity index (χ1) is 13.5. The molecule has 2 heterocycles. The summed E-state index contributed by atoms with van der Waals surface area (Å²) in [6, 6.07) is 12.0. The molecule has 0 bridgehead atoms. The number of halogens is 1. The Morgan fingerprint density at radius 1 is 0.964 bits per heavy atom. The van der Waals surface area contributed by atoms with E-state index < -0.39 is 0 Å². The van der Waals surface area contributed by atoms with E-state index >= 15 is 0 Å². The maximum atomic E-state index is 13.1. The van der Waals surface area contributed by atoms with Crippen LogP contribution in [0.3, 0.4) is 0 Å². The summed E-state index contributed by atoms with van der Waals surface area (Å²) in [5.41, 5.74) is 3.62. The van der Waals surface area contributed by atoms with Crippen molar-refractivity contribution in [2.75, 3.05) is 36.0 Å². The normalized spacial score (nSPS) is 20.9. The zero-order chi connectivity index (χ0) is 19.8. The van der Waals surface area contributed by atoms with Gasteiger partial charge in [-0.25, -0.2) is 9.29 Å². The third-order valence-corrected chi connectivity index (χ3v) is 5.90. The Kier molecular flexibility index (Phi) is 4.89. The summed E-state index contributed by atoms with van der Waals surface area (Å²) in [7, 11) is 0. The second-order valence-corrected chi connectivity index (χ2v) is 7.69. The lowest BCUT2D eigenvalue weighted by Gasteiger charge is -2.35. The first kappa shape index (κ1) is 18.6. The number of rotatable bonds is 3. The molecule has 5 nitrogen and oxygen atoms in total. The van der Waals surface area contributed by atoms with Gasteiger partial charge in [-0.05, 0) is 49.2 Å². The van der Waals surface area contributed by atoms with Crippen molar-refractivity contribution in [3.05, 3.63) is 59.4 Å². The molecule has 2 aromatic rings. The Morgan fingerprint density at radius 2 is 1.57 bits per heavy atom. The Bertz CT molecular complexity index is 884. The van der Waals surface area contributed by atoms with Crippen LogP contribution in [0.15, 0.2) is 42.5 Å². The van der Waals surface area contributed by atoms with Crippen molar-refractivity contribution in [2.24, 2.45) is 0 Å². The third kappa shape index (κ3) is 3.29. The Hall–Kier alpha value is -2.73. The van der Waals surface area contributed by atoms with E-state index in [1.54, 1.807) is 12.1 Å². The van der Waals surface area contributed by atoms with Gasteiger partial charge in [-0.3, -0.25) is 9.59 Å². The fourth-order valence-corrected chi connectivity index (χ4v) is 4.40. The molecule has 2 fully saturated rings. The number of hydrogen-bond acceptors (Lipinski definition) is 3. The highest BCUT2D eigenvalue weighted by Gasteiger charge is 2.47. The van der Waals surface area contributed by atoms with Gasteiger partial charge in [0, 0.05) is 5.69 Å². The average Bonchev–Trinajstić information content (AvgIpc) is 2.97. The predicted molar refractivity (Wildman–Crippen MR) is 106 cm³/mol. The number of aryl methyl sites for hydroxylation is 2. The highest BCUT2D eigenvalue weighted by Crippen LogP contribution is 2.29. The summed E-state index contributed by atoms with van der Waals surface area (Å²) in [5, 5.41) is 0. The quantitative estimate of drug-likeness (QED) is 0.818. The fourth-order valence-electron chi connectivity index (χ4n) is 4.40. The zero-order valence-electron chi connectivity index (χ0n) is 16.2. The number of quaternary nitrogens is 1. The smallest absolute Gasteiger partial charge is 0.292 e. The minimum atomic E-state index is -0.318. The topological polar surface area (TPSA) is 45.1 Å². The number of carbonyl (C=O) groups is 2. The lowest BCUT2D eigenvalue weighted by molar-refractivity contribution is -0.915. The van der Waals surface area contributed by atoms with Gasteiger partial charge >= 0.3 is 0 Å². The Balaban J connectivity index is 1.47. The average molecular weight is 382 g/mol. The van der Waals surface area contributed by atoms with Crippen LogP contribution in [0.4, 0.5) is 15.8 Å². The van der Waals surface area contributed by atoms with E-state index in [9.17, 15) is 14.0 Å². The van der Waals surface area contributed by atoms with Gasteiger partial charge in [0.15, 0.2) is 6.04 Å². The molecule has 28 heavy (non-hydrogen) atoms. The monoisotopic (exact) mass is 382 g/mol. The Labute approximate surface area is 164 Å². The van der Waals surface area contributed by atoms with Crippen LogP contribution in [0.1, 0.15) is 17.5 Å². The second kappa shape index (κ2) is 7.36. The van der Waals surface area contributed by atoms with Gasteiger partial charge in [0.05, 0.1) is 38.3 Å². The molecule has 0 radical (unpaired) electrons. The molecule has 0 saturated carbocycles. The number of hydrogen-bond donors (Lipinski definition) is 1. The number of nitrogens with zero attached hydrogens (tertiary/aromatic N) is 2. The van der Waals surface area contributed by atoms with Crippen LogP contribution in [-0.4, -0.2) is 44.0 Å². The first-order valence-electron chi connectivity index (χ1n) is 9.74.